The highest BCUT2D eigenvalue weighted by Gasteiger charge is 2.30. The molecule has 24 heavy (non-hydrogen) atoms. The van der Waals surface area contributed by atoms with E-state index >= 15 is 0 Å². The zero-order valence-corrected chi connectivity index (χ0v) is 13.5. The van der Waals surface area contributed by atoms with E-state index in [0.29, 0.717) is 22.1 Å². The summed E-state index contributed by atoms with van der Waals surface area (Å²) in [7, 11) is 1.82. The molecule has 1 aromatic heterocycles. The Morgan fingerprint density at radius 2 is 2.04 bits per heavy atom. The van der Waals surface area contributed by atoms with E-state index in [1.807, 2.05) is 18.4 Å². The molecule has 0 amide bonds. The Morgan fingerprint density at radius 3 is 2.75 bits per heavy atom. The van der Waals surface area contributed by atoms with Crippen molar-refractivity contribution in [2.24, 2.45) is 0 Å². The molecule has 122 valence electrons. The van der Waals surface area contributed by atoms with Gasteiger partial charge in [-0.3, -0.25) is 10.1 Å². The minimum absolute atomic E-state index is 0.0289. The normalized spacial score (nSPS) is 12.1. The first kappa shape index (κ1) is 16.0. The maximum atomic E-state index is 11.3. The standard InChI is InChI=1S/C15H13ClN6O2/c1-17-14(12-7-2-3-8-13(12)22(23)24)15-18-19-20-21(15)11-6-4-5-10(16)9-11/h2-9,14,17H,1H3/p+1/t14-/m1/s1. The molecule has 3 rings (SSSR count). The Labute approximate surface area is 142 Å². The summed E-state index contributed by atoms with van der Waals surface area (Å²) in [4.78, 5) is 10.9. The van der Waals surface area contributed by atoms with Crippen molar-refractivity contribution >= 4 is 17.3 Å². The van der Waals surface area contributed by atoms with Crippen molar-refractivity contribution in [1.29, 1.82) is 0 Å². The molecule has 0 aliphatic heterocycles. The van der Waals surface area contributed by atoms with Crippen molar-refractivity contribution in [3.8, 4) is 5.69 Å². The number of nitrogens with two attached hydrogens (primary N) is 1. The fraction of sp³-hybridized carbons (Fsp3) is 0.133. The lowest BCUT2D eigenvalue weighted by Crippen LogP contribution is -2.81. The van der Waals surface area contributed by atoms with Crippen LogP contribution in [-0.2, 0) is 0 Å². The second-order valence-corrected chi connectivity index (χ2v) is 5.49. The highest BCUT2D eigenvalue weighted by molar-refractivity contribution is 6.30. The number of hydrogen-bond acceptors (Lipinski definition) is 5. The van der Waals surface area contributed by atoms with Gasteiger partial charge in [0.1, 0.15) is 0 Å². The Bertz CT molecular complexity index is 882. The molecular formula is C15H14ClN6O2+. The molecule has 1 heterocycles. The molecule has 0 aliphatic rings. The third-order valence-electron chi connectivity index (χ3n) is 3.63. The van der Waals surface area contributed by atoms with E-state index in [0.717, 1.165) is 0 Å². The summed E-state index contributed by atoms with van der Waals surface area (Å²) >= 11 is 6.03. The molecule has 0 saturated heterocycles. The zero-order valence-electron chi connectivity index (χ0n) is 12.7. The number of benzene rings is 2. The Balaban J connectivity index is 2.12. The van der Waals surface area contributed by atoms with Crippen LogP contribution in [0.5, 0.6) is 0 Å². The van der Waals surface area contributed by atoms with Crippen LogP contribution in [0.25, 0.3) is 5.69 Å². The number of nitrogens with zero attached hydrogens (tertiary/aromatic N) is 5. The molecule has 1 atom stereocenters. The SMILES string of the molecule is C[NH2+][C@H](c1ccccc1[N+](=O)[O-])c1nnnn1-c1cccc(Cl)c1. The van der Waals surface area contributed by atoms with Crippen LogP contribution >= 0.6 is 11.6 Å². The maximum Gasteiger partial charge on any atom is 0.279 e. The Kier molecular flexibility index (Phi) is 4.50. The number of nitro groups is 1. The third kappa shape index (κ3) is 2.97. The Hall–Kier alpha value is -2.84. The number of tetrazole rings is 1. The number of hydrogen-bond donors (Lipinski definition) is 1. The minimum Gasteiger partial charge on any atom is -0.336 e. The van der Waals surface area contributed by atoms with E-state index in [1.54, 1.807) is 36.4 Å². The molecule has 3 aromatic rings. The molecule has 0 spiro atoms. The number of aromatic nitrogens is 4. The van der Waals surface area contributed by atoms with Crippen molar-refractivity contribution in [3.63, 3.8) is 0 Å². The molecule has 0 fully saturated rings. The van der Waals surface area contributed by atoms with E-state index in [-0.39, 0.29) is 5.69 Å². The quantitative estimate of drug-likeness (QED) is 0.557. The lowest BCUT2D eigenvalue weighted by Gasteiger charge is -2.13. The topological polar surface area (TPSA) is 103 Å². The van der Waals surface area contributed by atoms with Gasteiger partial charge in [-0.15, -0.1) is 5.10 Å². The van der Waals surface area contributed by atoms with Gasteiger partial charge >= 0.3 is 0 Å². The van der Waals surface area contributed by atoms with Gasteiger partial charge in [0, 0.05) is 11.1 Å². The van der Waals surface area contributed by atoms with Gasteiger partial charge in [0.15, 0.2) is 6.04 Å². The maximum absolute atomic E-state index is 11.3. The van der Waals surface area contributed by atoms with Gasteiger partial charge in [-0.25, -0.2) is 0 Å². The highest BCUT2D eigenvalue weighted by Crippen LogP contribution is 2.27. The van der Waals surface area contributed by atoms with Crippen LogP contribution in [0, 0.1) is 10.1 Å². The summed E-state index contributed by atoms with van der Waals surface area (Å²) in [6, 6.07) is 13.2. The van der Waals surface area contributed by atoms with Crippen LogP contribution < -0.4 is 5.32 Å². The summed E-state index contributed by atoms with van der Waals surface area (Å²) in [5, 5.41) is 25.5. The fourth-order valence-electron chi connectivity index (χ4n) is 2.56. The fourth-order valence-corrected chi connectivity index (χ4v) is 2.75. The molecule has 2 aromatic carbocycles. The first-order valence-corrected chi connectivity index (χ1v) is 7.56. The van der Waals surface area contributed by atoms with Gasteiger partial charge in [0.25, 0.3) is 5.69 Å². The van der Waals surface area contributed by atoms with E-state index in [9.17, 15) is 10.1 Å². The van der Waals surface area contributed by atoms with Gasteiger partial charge in [0.05, 0.1) is 23.2 Å². The van der Waals surface area contributed by atoms with Crippen molar-refractivity contribution in [3.05, 3.63) is 75.1 Å². The lowest BCUT2D eigenvalue weighted by atomic mass is 10.0. The van der Waals surface area contributed by atoms with E-state index in [1.165, 1.54) is 10.7 Å². The average Bonchev–Trinajstić information content (AvgIpc) is 3.05. The molecule has 0 unspecified atom stereocenters. The number of nitro benzene ring substituents is 1. The first-order valence-electron chi connectivity index (χ1n) is 7.19. The van der Waals surface area contributed by atoms with Gasteiger partial charge < -0.3 is 5.32 Å². The van der Waals surface area contributed by atoms with E-state index in [4.69, 9.17) is 11.6 Å². The highest BCUT2D eigenvalue weighted by atomic mass is 35.5. The van der Waals surface area contributed by atoms with Crippen molar-refractivity contribution in [2.45, 2.75) is 6.04 Å². The largest absolute Gasteiger partial charge is 0.336 e. The molecule has 0 saturated carbocycles. The molecule has 8 nitrogen and oxygen atoms in total. The molecular weight excluding hydrogens is 332 g/mol. The van der Waals surface area contributed by atoms with Gasteiger partial charge in [0.2, 0.25) is 5.82 Å². The van der Waals surface area contributed by atoms with Crippen LogP contribution in [0.2, 0.25) is 5.02 Å². The number of para-hydroxylation sites is 1. The number of rotatable bonds is 5. The predicted octanol–water partition coefficient (Wildman–Crippen LogP) is 1.51. The summed E-state index contributed by atoms with van der Waals surface area (Å²) in [5.74, 6) is 0.481. The smallest absolute Gasteiger partial charge is 0.279 e. The van der Waals surface area contributed by atoms with Crippen molar-refractivity contribution in [1.82, 2.24) is 20.2 Å². The molecule has 0 bridgehead atoms. The number of quaternary nitrogens is 1. The van der Waals surface area contributed by atoms with Crippen molar-refractivity contribution < 1.29 is 10.2 Å². The van der Waals surface area contributed by atoms with Crippen LogP contribution in [0.3, 0.4) is 0 Å². The summed E-state index contributed by atoms with van der Waals surface area (Å²) in [6.07, 6.45) is 0. The van der Waals surface area contributed by atoms with Gasteiger partial charge in [-0.1, -0.05) is 29.8 Å². The van der Waals surface area contributed by atoms with Crippen LogP contribution in [-0.4, -0.2) is 32.2 Å². The number of halogens is 1. The van der Waals surface area contributed by atoms with E-state index in [2.05, 4.69) is 15.5 Å². The van der Waals surface area contributed by atoms with Crippen LogP contribution in [0.15, 0.2) is 48.5 Å². The predicted molar refractivity (Wildman–Crippen MR) is 87.0 cm³/mol. The van der Waals surface area contributed by atoms with Crippen LogP contribution in [0.1, 0.15) is 17.4 Å². The second-order valence-electron chi connectivity index (χ2n) is 5.06. The average molecular weight is 346 g/mol. The third-order valence-corrected chi connectivity index (χ3v) is 3.86. The summed E-state index contributed by atoms with van der Waals surface area (Å²) in [5.41, 5.74) is 1.25. The first-order chi connectivity index (χ1) is 11.6. The van der Waals surface area contributed by atoms with Gasteiger partial charge in [-0.2, -0.15) is 4.68 Å². The zero-order chi connectivity index (χ0) is 17.1. The minimum atomic E-state index is -0.430. The van der Waals surface area contributed by atoms with E-state index < -0.39 is 11.0 Å². The van der Waals surface area contributed by atoms with Crippen molar-refractivity contribution in [2.75, 3.05) is 7.05 Å². The summed E-state index contributed by atoms with van der Waals surface area (Å²) in [6.45, 7) is 0. The molecule has 9 heteroatoms. The molecule has 2 N–H and O–H groups in total. The Morgan fingerprint density at radius 1 is 1.25 bits per heavy atom. The molecule has 0 radical (unpaired) electrons. The summed E-state index contributed by atoms with van der Waals surface area (Å²) < 4.78 is 1.53. The van der Waals surface area contributed by atoms with Crippen LogP contribution in [0.4, 0.5) is 5.69 Å². The monoisotopic (exact) mass is 345 g/mol. The second kappa shape index (κ2) is 6.73. The lowest BCUT2D eigenvalue weighted by molar-refractivity contribution is -0.662. The molecule has 0 aliphatic carbocycles. The van der Waals surface area contributed by atoms with Gasteiger partial charge in [-0.05, 0) is 34.7 Å².